The Morgan fingerprint density at radius 3 is 2.60 bits per heavy atom. The van der Waals surface area contributed by atoms with Crippen molar-refractivity contribution in [2.45, 2.75) is 6.92 Å². The van der Waals surface area contributed by atoms with Crippen LogP contribution < -0.4 is 0 Å². The van der Waals surface area contributed by atoms with Gasteiger partial charge in [-0.3, -0.25) is 0 Å². The van der Waals surface area contributed by atoms with Crippen molar-refractivity contribution < 1.29 is 19.8 Å². The van der Waals surface area contributed by atoms with Crippen LogP contribution >= 0.6 is 0 Å². The summed E-state index contributed by atoms with van der Waals surface area (Å²) in [6.07, 6.45) is 2.11. The number of benzene rings is 1. The summed E-state index contributed by atoms with van der Waals surface area (Å²) in [7, 11) is 0. The van der Waals surface area contributed by atoms with Gasteiger partial charge in [-0.2, -0.15) is 0 Å². The molecule has 0 saturated carbocycles. The molecular weight excluding hydrogens is 303 g/mol. The molecule has 0 N–H and O–H groups in total. The van der Waals surface area contributed by atoms with Crippen molar-refractivity contribution in [3.05, 3.63) is 39.9 Å². The molecule has 0 saturated heterocycles. The second-order valence-electron chi connectivity index (χ2n) is 2.13. The van der Waals surface area contributed by atoms with Crippen LogP contribution in [0.4, 0.5) is 0 Å². The Bertz CT molecular complexity index is 238. The summed E-state index contributed by atoms with van der Waals surface area (Å²) in [5.74, 6) is 0. The summed E-state index contributed by atoms with van der Waals surface area (Å²) < 4.78 is 2.03. The van der Waals surface area contributed by atoms with Crippen molar-refractivity contribution in [2.24, 2.45) is 0 Å². The molecule has 0 spiro atoms. The van der Waals surface area contributed by atoms with Crippen LogP contribution in [-0.4, -0.2) is 0 Å². The first kappa shape index (κ1) is 7.75. The van der Waals surface area contributed by atoms with E-state index in [1.54, 1.807) is 0 Å². The van der Waals surface area contributed by atoms with E-state index in [1.165, 1.54) is 11.1 Å². The van der Waals surface area contributed by atoms with Crippen molar-refractivity contribution >= 4 is 6.08 Å². The van der Waals surface area contributed by atoms with Gasteiger partial charge in [0.1, 0.15) is 0 Å². The molecule has 0 nitrogen and oxygen atoms in total. The number of rotatable bonds is 1. The maximum atomic E-state index is 2.21. The van der Waals surface area contributed by atoms with Gasteiger partial charge >= 0.3 is 72.7 Å². The van der Waals surface area contributed by atoms with Gasteiger partial charge in [0.05, 0.1) is 0 Å². The molecule has 0 aliphatic rings. The molecule has 0 radical (unpaired) electrons. The predicted molar refractivity (Wildman–Crippen MR) is 40.2 cm³/mol. The van der Waals surface area contributed by atoms with Crippen molar-refractivity contribution in [1.29, 1.82) is 0 Å². The SMILES string of the molecule is Cc1ccccc1C=[CH][Pt]. The molecule has 0 atom stereocenters. The van der Waals surface area contributed by atoms with E-state index in [0.29, 0.717) is 0 Å². The zero-order valence-electron chi connectivity index (χ0n) is 5.78. The third-order valence-corrected chi connectivity index (χ3v) is 1.80. The van der Waals surface area contributed by atoms with Crippen LogP contribution in [0.1, 0.15) is 11.1 Å². The summed E-state index contributed by atoms with van der Waals surface area (Å²) >= 11 is 2.21. The fourth-order valence-corrected chi connectivity index (χ4v) is 1.24. The van der Waals surface area contributed by atoms with E-state index in [1.807, 2.05) is 4.47 Å². The van der Waals surface area contributed by atoms with Crippen LogP contribution in [0.3, 0.4) is 0 Å². The van der Waals surface area contributed by atoms with Crippen molar-refractivity contribution in [3.63, 3.8) is 0 Å². The summed E-state index contributed by atoms with van der Waals surface area (Å²) in [6.45, 7) is 2.12. The summed E-state index contributed by atoms with van der Waals surface area (Å²) in [4.78, 5) is 0. The van der Waals surface area contributed by atoms with E-state index in [4.69, 9.17) is 0 Å². The Morgan fingerprint density at radius 1 is 1.30 bits per heavy atom. The third-order valence-electron chi connectivity index (χ3n) is 1.42. The Hall–Kier alpha value is -0.352. The molecule has 10 heavy (non-hydrogen) atoms. The molecule has 0 aromatic heterocycles. The molecule has 0 aliphatic carbocycles. The average molecular weight is 312 g/mol. The molecule has 1 heteroatoms. The second-order valence-corrected chi connectivity index (χ2v) is 2.89. The van der Waals surface area contributed by atoms with Gasteiger partial charge in [0.15, 0.2) is 0 Å². The van der Waals surface area contributed by atoms with Gasteiger partial charge in [-0.25, -0.2) is 0 Å². The van der Waals surface area contributed by atoms with E-state index in [2.05, 4.69) is 57.1 Å². The number of hydrogen-bond donors (Lipinski definition) is 0. The van der Waals surface area contributed by atoms with Crippen LogP contribution in [-0.2, 0) is 19.8 Å². The topological polar surface area (TPSA) is 0 Å². The minimum atomic E-state index is 1.30. The number of aryl methyl sites for hydroxylation is 1. The molecule has 0 fully saturated rings. The molecule has 0 unspecified atom stereocenters. The van der Waals surface area contributed by atoms with Crippen molar-refractivity contribution in [2.75, 3.05) is 0 Å². The standard InChI is InChI=1S/C9H9.Pt/c1-3-9-7-5-4-6-8(9)2;/h1,3-7H,2H3;. The van der Waals surface area contributed by atoms with Crippen molar-refractivity contribution in [1.82, 2.24) is 0 Å². The summed E-state index contributed by atoms with van der Waals surface area (Å²) in [5, 5.41) is 0. The predicted octanol–water partition coefficient (Wildman–Crippen LogP) is 2.51. The van der Waals surface area contributed by atoms with Crippen molar-refractivity contribution in [3.8, 4) is 0 Å². The van der Waals surface area contributed by atoms with Gasteiger partial charge in [-0.1, -0.05) is 0 Å². The average Bonchev–Trinajstić information content (AvgIpc) is 1.94. The summed E-state index contributed by atoms with van der Waals surface area (Å²) in [5.41, 5.74) is 2.63. The van der Waals surface area contributed by atoms with Gasteiger partial charge in [0, 0.05) is 0 Å². The van der Waals surface area contributed by atoms with Crippen LogP contribution in [0.25, 0.3) is 6.08 Å². The first-order valence-corrected chi connectivity index (χ1v) is 4.44. The van der Waals surface area contributed by atoms with Crippen LogP contribution in [0, 0.1) is 6.92 Å². The molecule has 0 amide bonds. The quantitative estimate of drug-likeness (QED) is 0.747. The first-order valence-electron chi connectivity index (χ1n) is 3.13. The molecule has 0 aliphatic heterocycles. The van der Waals surface area contributed by atoms with Gasteiger partial charge in [0.25, 0.3) is 0 Å². The van der Waals surface area contributed by atoms with Crippen LogP contribution in [0.2, 0.25) is 0 Å². The fourth-order valence-electron chi connectivity index (χ4n) is 0.831. The first-order chi connectivity index (χ1) is 4.84. The van der Waals surface area contributed by atoms with E-state index in [-0.39, 0.29) is 0 Å². The van der Waals surface area contributed by atoms with E-state index in [9.17, 15) is 0 Å². The van der Waals surface area contributed by atoms with E-state index >= 15 is 0 Å². The molecule has 0 bridgehead atoms. The van der Waals surface area contributed by atoms with Crippen LogP contribution in [0.5, 0.6) is 0 Å². The number of hydrogen-bond acceptors (Lipinski definition) is 0. The van der Waals surface area contributed by atoms with E-state index in [0.717, 1.165) is 0 Å². The Balaban J connectivity index is 3.03. The molecule has 1 rings (SSSR count). The Morgan fingerprint density at radius 2 is 2.00 bits per heavy atom. The van der Waals surface area contributed by atoms with Gasteiger partial charge < -0.3 is 0 Å². The van der Waals surface area contributed by atoms with E-state index < -0.39 is 0 Å². The third kappa shape index (κ3) is 1.81. The zero-order valence-corrected chi connectivity index (χ0v) is 8.05. The van der Waals surface area contributed by atoms with Gasteiger partial charge in [-0.15, -0.1) is 0 Å². The van der Waals surface area contributed by atoms with Gasteiger partial charge in [0.2, 0.25) is 0 Å². The second kappa shape index (κ2) is 3.73. The molecule has 55 valence electrons. The zero-order chi connectivity index (χ0) is 7.40. The molecular formula is C9H9Pt. The Kier molecular flexibility index (Phi) is 2.89. The van der Waals surface area contributed by atoms with Gasteiger partial charge in [-0.05, 0) is 0 Å². The molecule has 1 aromatic rings. The van der Waals surface area contributed by atoms with Crippen LogP contribution in [0.15, 0.2) is 28.7 Å². The normalized spacial score (nSPS) is 10.7. The fraction of sp³-hybridized carbons (Fsp3) is 0.111. The maximum absolute atomic E-state index is 2.21. The molecule has 0 heterocycles. The molecule has 1 aromatic carbocycles. The Labute approximate surface area is 72.9 Å². The monoisotopic (exact) mass is 312 g/mol. The summed E-state index contributed by atoms with van der Waals surface area (Å²) in [6, 6.07) is 8.34. The minimum absolute atomic E-state index is 1.30.